The van der Waals surface area contributed by atoms with Gasteiger partial charge in [0.05, 0.1) is 11.3 Å². The molecule has 1 aliphatic carbocycles. The van der Waals surface area contributed by atoms with E-state index in [2.05, 4.69) is 20.4 Å². The zero-order valence-corrected chi connectivity index (χ0v) is 18.8. The van der Waals surface area contributed by atoms with Crippen molar-refractivity contribution in [3.8, 4) is 0 Å². The van der Waals surface area contributed by atoms with Gasteiger partial charge in [-0.15, -0.1) is 0 Å². The molecule has 2 amide bonds. The molecular formula is C25H38N4O2. The zero-order valence-electron chi connectivity index (χ0n) is 18.8. The molecule has 2 N–H and O–H groups in total. The van der Waals surface area contributed by atoms with Crippen molar-refractivity contribution in [2.75, 3.05) is 49.5 Å². The average Bonchev–Trinajstić information content (AvgIpc) is 3.63. The lowest BCUT2D eigenvalue weighted by Crippen LogP contribution is -2.36. The van der Waals surface area contributed by atoms with Crippen molar-refractivity contribution in [3.05, 3.63) is 23.8 Å². The molecule has 0 aromatic heterocycles. The van der Waals surface area contributed by atoms with Gasteiger partial charge in [0, 0.05) is 37.8 Å². The maximum atomic E-state index is 13.1. The highest BCUT2D eigenvalue weighted by Gasteiger charge is 2.30. The molecular weight excluding hydrogens is 388 g/mol. The predicted octanol–water partition coefficient (Wildman–Crippen LogP) is 4.02. The fourth-order valence-electron chi connectivity index (χ4n) is 4.75. The van der Waals surface area contributed by atoms with Gasteiger partial charge in [0.2, 0.25) is 5.91 Å². The summed E-state index contributed by atoms with van der Waals surface area (Å²) in [5.74, 6) is 0.272. The van der Waals surface area contributed by atoms with Crippen molar-refractivity contribution in [2.45, 2.75) is 64.2 Å². The van der Waals surface area contributed by atoms with Crippen molar-refractivity contribution >= 4 is 23.2 Å². The Balaban J connectivity index is 1.43. The normalized spacial score (nSPS) is 20.6. The first-order valence-electron chi connectivity index (χ1n) is 12.4. The quantitative estimate of drug-likeness (QED) is 0.691. The van der Waals surface area contributed by atoms with Crippen molar-refractivity contribution < 1.29 is 9.59 Å². The highest BCUT2D eigenvalue weighted by atomic mass is 16.2. The molecule has 0 spiro atoms. The minimum Gasteiger partial charge on any atom is -0.371 e. The number of likely N-dealkylation sites (tertiary alicyclic amines) is 1. The Bertz CT molecular complexity index is 746. The molecule has 1 aromatic rings. The van der Waals surface area contributed by atoms with Crippen LogP contribution in [0, 0.1) is 5.92 Å². The molecule has 1 saturated carbocycles. The first-order valence-corrected chi connectivity index (χ1v) is 12.4. The van der Waals surface area contributed by atoms with Crippen LogP contribution in [0.2, 0.25) is 0 Å². The summed E-state index contributed by atoms with van der Waals surface area (Å²) in [5.41, 5.74) is 2.49. The fourth-order valence-corrected chi connectivity index (χ4v) is 4.75. The highest BCUT2D eigenvalue weighted by molar-refractivity contribution is 6.02. The van der Waals surface area contributed by atoms with Gasteiger partial charge < -0.3 is 20.4 Å². The van der Waals surface area contributed by atoms with Gasteiger partial charge in [-0.1, -0.05) is 25.7 Å². The van der Waals surface area contributed by atoms with Gasteiger partial charge >= 0.3 is 0 Å². The summed E-state index contributed by atoms with van der Waals surface area (Å²) < 4.78 is 0. The summed E-state index contributed by atoms with van der Waals surface area (Å²) in [6.07, 6.45) is 11.9. The van der Waals surface area contributed by atoms with Crippen molar-refractivity contribution in [2.24, 2.45) is 5.92 Å². The number of nitrogens with zero attached hydrogens (tertiary/aromatic N) is 2. The van der Waals surface area contributed by atoms with Crippen LogP contribution in [0.3, 0.4) is 0 Å². The number of hydrogen-bond donors (Lipinski definition) is 2. The second kappa shape index (κ2) is 11.0. The Morgan fingerprint density at radius 2 is 1.52 bits per heavy atom. The average molecular weight is 427 g/mol. The van der Waals surface area contributed by atoms with Gasteiger partial charge in [0.25, 0.3) is 5.91 Å². The molecule has 170 valence electrons. The first kappa shape index (κ1) is 22.1. The van der Waals surface area contributed by atoms with Crippen molar-refractivity contribution in [1.29, 1.82) is 0 Å². The van der Waals surface area contributed by atoms with Crippen LogP contribution in [0.4, 0.5) is 11.4 Å². The predicted molar refractivity (Wildman–Crippen MR) is 126 cm³/mol. The Morgan fingerprint density at radius 3 is 2.16 bits per heavy atom. The number of benzene rings is 1. The van der Waals surface area contributed by atoms with Gasteiger partial charge in [0.15, 0.2) is 0 Å². The van der Waals surface area contributed by atoms with Crippen molar-refractivity contribution in [1.82, 2.24) is 10.2 Å². The molecule has 3 aliphatic rings. The summed E-state index contributed by atoms with van der Waals surface area (Å²) in [6, 6.07) is 5.78. The molecule has 1 aromatic carbocycles. The third-order valence-electron chi connectivity index (χ3n) is 6.82. The lowest BCUT2D eigenvalue weighted by Gasteiger charge is -2.26. The summed E-state index contributed by atoms with van der Waals surface area (Å²) in [6.45, 7) is 5.81. The lowest BCUT2D eigenvalue weighted by atomic mass is 10.1. The lowest BCUT2D eigenvalue weighted by molar-refractivity contribution is -0.117. The van der Waals surface area contributed by atoms with Crippen LogP contribution in [0.25, 0.3) is 0 Å². The number of amides is 2. The van der Waals surface area contributed by atoms with Crippen LogP contribution in [0.1, 0.15) is 74.6 Å². The SMILES string of the molecule is O=C(NCCN1CCCCCC1)c1ccc(NC(=O)C2CC2)cc1N1CCCCCC1. The number of nitrogens with one attached hydrogen (secondary N) is 2. The van der Waals surface area contributed by atoms with Crippen LogP contribution in [0.15, 0.2) is 18.2 Å². The third-order valence-corrected chi connectivity index (χ3v) is 6.82. The monoisotopic (exact) mass is 426 g/mol. The van der Waals surface area contributed by atoms with Crippen LogP contribution >= 0.6 is 0 Å². The summed E-state index contributed by atoms with van der Waals surface area (Å²) in [4.78, 5) is 30.2. The fraction of sp³-hybridized carbons (Fsp3) is 0.680. The summed E-state index contributed by atoms with van der Waals surface area (Å²) in [7, 11) is 0. The maximum absolute atomic E-state index is 13.1. The van der Waals surface area contributed by atoms with Gasteiger partial charge in [-0.25, -0.2) is 0 Å². The summed E-state index contributed by atoms with van der Waals surface area (Å²) >= 11 is 0. The molecule has 2 aliphatic heterocycles. The van der Waals surface area contributed by atoms with E-state index < -0.39 is 0 Å². The van der Waals surface area contributed by atoms with Crippen LogP contribution < -0.4 is 15.5 Å². The van der Waals surface area contributed by atoms with Crippen LogP contribution in [-0.2, 0) is 4.79 Å². The molecule has 0 unspecified atom stereocenters. The van der Waals surface area contributed by atoms with E-state index in [0.717, 1.165) is 75.3 Å². The molecule has 31 heavy (non-hydrogen) atoms. The van der Waals surface area contributed by atoms with E-state index in [1.165, 1.54) is 38.5 Å². The number of carbonyl (C=O) groups excluding carboxylic acids is 2. The Morgan fingerprint density at radius 1 is 0.871 bits per heavy atom. The Hall–Kier alpha value is -2.08. The molecule has 2 saturated heterocycles. The molecule has 0 radical (unpaired) electrons. The number of hydrogen-bond acceptors (Lipinski definition) is 4. The number of rotatable bonds is 7. The van der Waals surface area contributed by atoms with E-state index in [0.29, 0.717) is 6.54 Å². The van der Waals surface area contributed by atoms with E-state index in [1.807, 2.05) is 18.2 Å². The largest absolute Gasteiger partial charge is 0.371 e. The van der Waals surface area contributed by atoms with Crippen LogP contribution in [0.5, 0.6) is 0 Å². The maximum Gasteiger partial charge on any atom is 0.253 e. The molecule has 6 nitrogen and oxygen atoms in total. The van der Waals surface area contributed by atoms with E-state index in [4.69, 9.17) is 0 Å². The highest BCUT2D eigenvalue weighted by Crippen LogP contribution is 2.32. The molecule has 0 atom stereocenters. The molecule has 6 heteroatoms. The molecule has 4 rings (SSSR count). The topological polar surface area (TPSA) is 64.7 Å². The Kier molecular flexibility index (Phi) is 7.84. The van der Waals surface area contributed by atoms with E-state index in [-0.39, 0.29) is 17.7 Å². The van der Waals surface area contributed by atoms with Crippen molar-refractivity contribution in [3.63, 3.8) is 0 Å². The van der Waals surface area contributed by atoms with E-state index in [9.17, 15) is 9.59 Å². The zero-order chi connectivity index (χ0) is 21.5. The molecule has 0 bridgehead atoms. The second-order valence-corrected chi connectivity index (χ2v) is 9.41. The second-order valence-electron chi connectivity index (χ2n) is 9.41. The minimum absolute atomic E-state index is 0.00543. The first-order chi connectivity index (χ1) is 15.2. The molecule has 3 fully saturated rings. The van der Waals surface area contributed by atoms with E-state index >= 15 is 0 Å². The smallest absolute Gasteiger partial charge is 0.253 e. The van der Waals surface area contributed by atoms with Crippen LogP contribution in [-0.4, -0.2) is 56.0 Å². The van der Waals surface area contributed by atoms with E-state index in [1.54, 1.807) is 0 Å². The molecule has 2 heterocycles. The number of carbonyl (C=O) groups is 2. The minimum atomic E-state index is -0.00543. The van der Waals surface area contributed by atoms with Gasteiger partial charge in [-0.05, 0) is 69.8 Å². The number of anilines is 2. The van der Waals surface area contributed by atoms with Gasteiger partial charge in [-0.2, -0.15) is 0 Å². The Labute approximate surface area is 186 Å². The van der Waals surface area contributed by atoms with Gasteiger partial charge in [0.1, 0.15) is 0 Å². The standard InChI is InChI=1S/C25H38N4O2/c30-24(20-9-10-20)27-21-11-12-22(23(19-21)29-16-7-3-4-8-17-29)25(31)26-13-18-28-14-5-1-2-6-15-28/h11-12,19-20H,1-10,13-18H2,(H,26,31)(H,27,30). The third kappa shape index (κ3) is 6.45. The van der Waals surface area contributed by atoms with Gasteiger partial charge in [-0.3, -0.25) is 9.59 Å². The summed E-state index contributed by atoms with van der Waals surface area (Å²) in [5, 5.41) is 6.21.